The van der Waals surface area contributed by atoms with Crippen LogP contribution < -0.4 is 4.74 Å². The highest BCUT2D eigenvalue weighted by Gasteiger charge is 2.14. The van der Waals surface area contributed by atoms with Gasteiger partial charge in [0.2, 0.25) is 5.89 Å². The summed E-state index contributed by atoms with van der Waals surface area (Å²) in [6, 6.07) is 9.73. The number of aryl methyl sites for hydroxylation is 1. The van der Waals surface area contributed by atoms with Crippen LogP contribution in [-0.4, -0.2) is 12.1 Å². The van der Waals surface area contributed by atoms with Crippen LogP contribution in [-0.2, 0) is 0 Å². The third-order valence-electron chi connectivity index (χ3n) is 3.46. The topological polar surface area (TPSA) is 35.3 Å². The summed E-state index contributed by atoms with van der Waals surface area (Å²) >= 11 is 3.59. The molecule has 0 unspecified atom stereocenters. The molecule has 0 saturated heterocycles. The van der Waals surface area contributed by atoms with E-state index in [1.54, 1.807) is 7.11 Å². The van der Waals surface area contributed by atoms with Crippen molar-refractivity contribution < 1.29 is 9.15 Å². The monoisotopic (exact) mass is 331 g/mol. The van der Waals surface area contributed by atoms with Crippen LogP contribution in [0.1, 0.15) is 11.1 Å². The van der Waals surface area contributed by atoms with E-state index >= 15 is 0 Å². The van der Waals surface area contributed by atoms with Crippen LogP contribution in [0.15, 0.2) is 39.2 Å². The fourth-order valence-corrected chi connectivity index (χ4v) is 2.70. The second-order valence-corrected chi connectivity index (χ2v) is 5.52. The van der Waals surface area contributed by atoms with Crippen LogP contribution in [0.4, 0.5) is 0 Å². The van der Waals surface area contributed by atoms with Gasteiger partial charge in [0.05, 0.1) is 11.6 Å². The Bertz CT molecular complexity index is 775. The first-order valence-electron chi connectivity index (χ1n) is 6.31. The van der Waals surface area contributed by atoms with Crippen LogP contribution in [0.5, 0.6) is 5.75 Å². The van der Waals surface area contributed by atoms with Gasteiger partial charge in [-0.15, -0.1) is 0 Å². The summed E-state index contributed by atoms with van der Waals surface area (Å²) in [6.45, 7) is 4.13. The van der Waals surface area contributed by atoms with Gasteiger partial charge in [-0.3, -0.25) is 0 Å². The van der Waals surface area contributed by atoms with E-state index in [-0.39, 0.29) is 0 Å². The maximum atomic E-state index is 5.90. The highest BCUT2D eigenvalue weighted by atomic mass is 79.9. The molecule has 3 aromatic rings. The van der Waals surface area contributed by atoms with Gasteiger partial charge >= 0.3 is 0 Å². The lowest BCUT2D eigenvalue weighted by Crippen LogP contribution is -1.83. The number of hydrogen-bond acceptors (Lipinski definition) is 3. The average molecular weight is 332 g/mol. The Morgan fingerprint density at radius 2 is 1.85 bits per heavy atom. The van der Waals surface area contributed by atoms with Gasteiger partial charge in [-0.2, -0.15) is 0 Å². The van der Waals surface area contributed by atoms with E-state index in [1.807, 2.05) is 30.3 Å². The molecule has 3 nitrogen and oxygen atoms in total. The fourth-order valence-electron chi connectivity index (χ4n) is 2.10. The van der Waals surface area contributed by atoms with Crippen LogP contribution in [0.3, 0.4) is 0 Å². The molecule has 2 aromatic carbocycles. The van der Waals surface area contributed by atoms with Gasteiger partial charge < -0.3 is 9.15 Å². The Labute approximate surface area is 125 Å². The summed E-state index contributed by atoms with van der Waals surface area (Å²) in [5.41, 5.74) is 4.96. The summed E-state index contributed by atoms with van der Waals surface area (Å²) in [5, 5.41) is 0. The zero-order valence-corrected chi connectivity index (χ0v) is 13.1. The maximum absolute atomic E-state index is 5.90. The highest BCUT2D eigenvalue weighted by molar-refractivity contribution is 9.10. The van der Waals surface area contributed by atoms with Crippen molar-refractivity contribution in [3.8, 4) is 17.2 Å². The van der Waals surface area contributed by atoms with Gasteiger partial charge in [0.1, 0.15) is 11.3 Å². The lowest BCUT2D eigenvalue weighted by atomic mass is 10.1. The van der Waals surface area contributed by atoms with Crippen LogP contribution >= 0.6 is 15.9 Å². The largest absolute Gasteiger partial charge is 0.497 e. The Morgan fingerprint density at radius 1 is 1.15 bits per heavy atom. The number of oxazole rings is 1. The molecule has 0 bridgehead atoms. The predicted molar refractivity (Wildman–Crippen MR) is 83.2 cm³/mol. The number of nitrogens with zero attached hydrogens (tertiary/aromatic N) is 1. The number of methoxy groups -OCH3 is 1. The van der Waals surface area contributed by atoms with E-state index in [2.05, 4.69) is 34.8 Å². The number of hydrogen-bond donors (Lipinski definition) is 0. The molecule has 0 aliphatic rings. The zero-order chi connectivity index (χ0) is 14.3. The summed E-state index contributed by atoms with van der Waals surface area (Å²) in [4.78, 5) is 4.56. The zero-order valence-electron chi connectivity index (χ0n) is 11.5. The van der Waals surface area contributed by atoms with E-state index in [4.69, 9.17) is 9.15 Å². The lowest BCUT2D eigenvalue weighted by molar-refractivity contribution is 0.415. The Hall–Kier alpha value is -1.81. The molecular formula is C16H14BrNO2. The van der Waals surface area contributed by atoms with Crippen LogP contribution in [0.25, 0.3) is 22.6 Å². The first-order valence-corrected chi connectivity index (χ1v) is 7.10. The average Bonchev–Trinajstić information content (AvgIpc) is 2.89. The van der Waals surface area contributed by atoms with Crippen molar-refractivity contribution >= 4 is 27.0 Å². The quantitative estimate of drug-likeness (QED) is 0.671. The van der Waals surface area contributed by atoms with E-state index in [1.165, 1.54) is 11.1 Å². The smallest absolute Gasteiger partial charge is 0.227 e. The minimum Gasteiger partial charge on any atom is -0.497 e. The minimum atomic E-state index is 0.619. The highest BCUT2D eigenvalue weighted by Crippen LogP contribution is 2.33. The van der Waals surface area contributed by atoms with Gasteiger partial charge in [-0.25, -0.2) is 4.98 Å². The fraction of sp³-hybridized carbons (Fsp3) is 0.188. The van der Waals surface area contributed by atoms with E-state index in [0.717, 1.165) is 26.9 Å². The van der Waals surface area contributed by atoms with Crippen molar-refractivity contribution in [3.05, 3.63) is 45.9 Å². The van der Waals surface area contributed by atoms with E-state index in [9.17, 15) is 0 Å². The summed E-state index contributed by atoms with van der Waals surface area (Å²) in [6.07, 6.45) is 0. The van der Waals surface area contributed by atoms with Crippen molar-refractivity contribution in [2.45, 2.75) is 13.8 Å². The van der Waals surface area contributed by atoms with Gasteiger partial charge in [0.25, 0.3) is 0 Å². The summed E-state index contributed by atoms with van der Waals surface area (Å²) in [7, 11) is 1.65. The lowest BCUT2D eigenvalue weighted by Gasteiger charge is -2.01. The van der Waals surface area contributed by atoms with Gasteiger partial charge in [-0.05, 0) is 71.2 Å². The van der Waals surface area contributed by atoms with Crippen molar-refractivity contribution in [3.63, 3.8) is 0 Å². The maximum Gasteiger partial charge on any atom is 0.227 e. The van der Waals surface area contributed by atoms with Crippen molar-refractivity contribution in [1.29, 1.82) is 0 Å². The third-order valence-corrected chi connectivity index (χ3v) is 4.42. The third kappa shape index (κ3) is 2.10. The second kappa shape index (κ2) is 4.94. The normalized spacial score (nSPS) is 11.0. The molecule has 0 amide bonds. The van der Waals surface area contributed by atoms with Crippen molar-refractivity contribution in [1.82, 2.24) is 4.98 Å². The Morgan fingerprint density at radius 3 is 2.50 bits per heavy atom. The SMILES string of the molecule is COc1ccc(-c2nc3cc(C)c(C)c(Br)c3o2)cc1. The predicted octanol–water partition coefficient (Wildman–Crippen LogP) is 4.88. The molecule has 0 aliphatic carbocycles. The standard InChI is InChI=1S/C16H14BrNO2/c1-9-8-13-15(14(17)10(9)2)20-16(18-13)11-4-6-12(19-3)7-5-11/h4-8H,1-3H3. The minimum absolute atomic E-state index is 0.619. The molecule has 0 spiro atoms. The molecule has 0 atom stereocenters. The summed E-state index contributed by atoms with van der Waals surface area (Å²) < 4.78 is 12.0. The molecule has 20 heavy (non-hydrogen) atoms. The number of halogens is 1. The molecule has 0 fully saturated rings. The number of rotatable bonds is 2. The van der Waals surface area contributed by atoms with Crippen molar-refractivity contribution in [2.24, 2.45) is 0 Å². The first kappa shape index (κ1) is 13.2. The molecule has 102 valence electrons. The van der Waals surface area contributed by atoms with Gasteiger partial charge in [0.15, 0.2) is 5.58 Å². The number of fused-ring (bicyclic) bond motifs is 1. The molecule has 1 aromatic heterocycles. The van der Waals surface area contributed by atoms with Crippen LogP contribution in [0.2, 0.25) is 0 Å². The number of ether oxygens (including phenoxy) is 1. The second-order valence-electron chi connectivity index (χ2n) is 4.73. The van der Waals surface area contributed by atoms with E-state index < -0.39 is 0 Å². The molecular weight excluding hydrogens is 318 g/mol. The summed E-state index contributed by atoms with van der Waals surface area (Å²) in [5.74, 6) is 1.44. The molecule has 3 rings (SSSR count). The molecule has 0 N–H and O–H groups in total. The molecule has 1 heterocycles. The number of aromatic nitrogens is 1. The molecule has 0 aliphatic heterocycles. The first-order chi connectivity index (χ1) is 9.60. The van der Waals surface area contributed by atoms with Gasteiger partial charge in [-0.1, -0.05) is 0 Å². The Balaban J connectivity index is 2.15. The van der Waals surface area contributed by atoms with Gasteiger partial charge in [0, 0.05) is 5.56 Å². The molecule has 0 radical (unpaired) electrons. The van der Waals surface area contributed by atoms with Crippen molar-refractivity contribution in [2.75, 3.05) is 7.11 Å². The Kier molecular flexibility index (Phi) is 3.26. The van der Waals surface area contributed by atoms with E-state index in [0.29, 0.717) is 5.89 Å². The number of benzene rings is 2. The molecule has 0 saturated carbocycles. The van der Waals surface area contributed by atoms with Crippen LogP contribution in [0, 0.1) is 13.8 Å². The molecule has 4 heteroatoms.